The van der Waals surface area contributed by atoms with E-state index in [4.69, 9.17) is 11.6 Å². The second-order valence-corrected chi connectivity index (χ2v) is 6.31. The Morgan fingerprint density at radius 3 is 2.78 bits per heavy atom. The van der Waals surface area contributed by atoms with Crippen LogP contribution >= 0.6 is 11.6 Å². The molecule has 120 valence electrons. The van der Waals surface area contributed by atoms with E-state index >= 15 is 0 Å². The highest BCUT2D eigenvalue weighted by Gasteiger charge is 2.22. The molecule has 1 heterocycles. The van der Waals surface area contributed by atoms with E-state index in [1.54, 1.807) is 0 Å². The van der Waals surface area contributed by atoms with Crippen molar-refractivity contribution in [2.75, 3.05) is 18.0 Å². The highest BCUT2D eigenvalue weighted by atomic mass is 35.5. The van der Waals surface area contributed by atoms with E-state index in [-0.39, 0.29) is 11.9 Å². The van der Waals surface area contributed by atoms with Gasteiger partial charge in [0, 0.05) is 23.3 Å². The molecule has 1 atom stereocenters. The number of nitrogens with zero attached hydrogens (tertiary/aromatic N) is 1. The Labute approximate surface area is 142 Å². The lowest BCUT2D eigenvalue weighted by Gasteiger charge is -2.30. The molecular formula is C19H21ClN2O. The summed E-state index contributed by atoms with van der Waals surface area (Å²) >= 11 is 6.21. The van der Waals surface area contributed by atoms with Crippen LogP contribution in [0.4, 0.5) is 5.69 Å². The van der Waals surface area contributed by atoms with E-state index in [0.29, 0.717) is 6.54 Å². The summed E-state index contributed by atoms with van der Waals surface area (Å²) in [5, 5.41) is 4.02. The lowest BCUT2D eigenvalue weighted by Crippen LogP contribution is -2.41. The number of hydrogen-bond donors (Lipinski definition) is 1. The summed E-state index contributed by atoms with van der Waals surface area (Å²) in [4.78, 5) is 14.5. The van der Waals surface area contributed by atoms with Gasteiger partial charge in [-0.2, -0.15) is 0 Å². The van der Waals surface area contributed by atoms with E-state index < -0.39 is 0 Å². The Kier molecular flexibility index (Phi) is 4.99. The maximum atomic E-state index is 12.6. The highest BCUT2D eigenvalue weighted by molar-refractivity contribution is 6.31. The zero-order valence-corrected chi connectivity index (χ0v) is 14.0. The van der Waals surface area contributed by atoms with Crippen molar-refractivity contribution in [2.45, 2.75) is 25.8 Å². The van der Waals surface area contributed by atoms with E-state index in [1.807, 2.05) is 54.3 Å². The van der Waals surface area contributed by atoms with Gasteiger partial charge in [0.1, 0.15) is 0 Å². The average molecular weight is 329 g/mol. The lowest BCUT2D eigenvalue weighted by atomic mass is 10.0. The van der Waals surface area contributed by atoms with Crippen molar-refractivity contribution in [1.29, 1.82) is 0 Å². The monoisotopic (exact) mass is 328 g/mol. The molecule has 0 fully saturated rings. The number of benzene rings is 2. The van der Waals surface area contributed by atoms with Crippen LogP contribution in [-0.4, -0.2) is 19.0 Å². The van der Waals surface area contributed by atoms with Crippen LogP contribution in [-0.2, 0) is 11.2 Å². The number of carbonyl (C=O) groups is 1. The Morgan fingerprint density at radius 2 is 1.96 bits per heavy atom. The minimum absolute atomic E-state index is 0.0349. The SMILES string of the molecule is C[C@@H](NCC(=O)N1CCCc2ccccc21)c1ccccc1Cl. The maximum absolute atomic E-state index is 12.6. The fourth-order valence-corrected chi connectivity index (χ4v) is 3.36. The van der Waals surface area contributed by atoms with Crippen LogP contribution in [0.3, 0.4) is 0 Å². The van der Waals surface area contributed by atoms with Gasteiger partial charge in [-0.1, -0.05) is 48.0 Å². The van der Waals surface area contributed by atoms with Crippen molar-refractivity contribution in [2.24, 2.45) is 0 Å². The van der Waals surface area contributed by atoms with Crippen LogP contribution < -0.4 is 10.2 Å². The number of anilines is 1. The van der Waals surface area contributed by atoms with Gasteiger partial charge in [0.05, 0.1) is 6.54 Å². The van der Waals surface area contributed by atoms with Crippen LogP contribution in [0.5, 0.6) is 0 Å². The van der Waals surface area contributed by atoms with Crippen molar-refractivity contribution in [1.82, 2.24) is 5.32 Å². The molecule has 2 aromatic carbocycles. The zero-order valence-electron chi connectivity index (χ0n) is 13.3. The molecule has 0 bridgehead atoms. The minimum atomic E-state index is 0.0349. The summed E-state index contributed by atoms with van der Waals surface area (Å²) in [5.41, 5.74) is 3.32. The van der Waals surface area contributed by atoms with Gasteiger partial charge in [-0.05, 0) is 43.0 Å². The summed E-state index contributed by atoms with van der Waals surface area (Å²) < 4.78 is 0. The molecule has 1 aliphatic heterocycles. The number of fused-ring (bicyclic) bond motifs is 1. The fourth-order valence-electron chi connectivity index (χ4n) is 3.06. The van der Waals surface area contributed by atoms with E-state index in [9.17, 15) is 4.79 Å². The van der Waals surface area contributed by atoms with Gasteiger partial charge >= 0.3 is 0 Å². The molecule has 2 aromatic rings. The molecule has 1 N–H and O–H groups in total. The van der Waals surface area contributed by atoms with Crippen LogP contribution in [0, 0.1) is 0 Å². The third-order valence-corrected chi connectivity index (χ3v) is 4.69. The van der Waals surface area contributed by atoms with Crippen molar-refractivity contribution in [3.8, 4) is 0 Å². The summed E-state index contributed by atoms with van der Waals surface area (Å²) in [7, 11) is 0. The second kappa shape index (κ2) is 7.16. The average Bonchev–Trinajstić information content (AvgIpc) is 2.59. The maximum Gasteiger partial charge on any atom is 0.240 e. The van der Waals surface area contributed by atoms with E-state index in [0.717, 1.165) is 35.7 Å². The topological polar surface area (TPSA) is 32.3 Å². The smallest absolute Gasteiger partial charge is 0.240 e. The Balaban J connectivity index is 1.66. The van der Waals surface area contributed by atoms with Crippen molar-refractivity contribution >= 4 is 23.2 Å². The predicted molar refractivity (Wildman–Crippen MR) is 95.0 cm³/mol. The first kappa shape index (κ1) is 16.0. The summed E-state index contributed by atoms with van der Waals surface area (Å²) in [5.74, 6) is 0.107. The van der Waals surface area contributed by atoms with Crippen LogP contribution in [0.25, 0.3) is 0 Å². The Bertz CT molecular complexity index is 701. The first-order valence-electron chi connectivity index (χ1n) is 8.03. The highest BCUT2D eigenvalue weighted by Crippen LogP contribution is 2.27. The second-order valence-electron chi connectivity index (χ2n) is 5.90. The van der Waals surface area contributed by atoms with Crippen molar-refractivity contribution in [3.05, 3.63) is 64.7 Å². The quantitative estimate of drug-likeness (QED) is 0.921. The molecule has 4 heteroatoms. The number of para-hydroxylation sites is 1. The molecule has 0 aliphatic carbocycles. The normalized spacial score (nSPS) is 15.1. The molecule has 1 amide bonds. The minimum Gasteiger partial charge on any atom is -0.311 e. The van der Waals surface area contributed by atoms with Crippen LogP contribution in [0.1, 0.15) is 30.5 Å². The van der Waals surface area contributed by atoms with Gasteiger partial charge in [-0.3, -0.25) is 4.79 Å². The van der Waals surface area contributed by atoms with Gasteiger partial charge < -0.3 is 10.2 Å². The number of aryl methyl sites for hydroxylation is 1. The first-order chi connectivity index (χ1) is 11.2. The standard InChI is InChI=1S/C19H21ClN2O/c1-14(16-9-3-4-10-17(16)20)21-13-19(23)22-12-6-8-15-7-2-5-11-18(15)22/h2-5,7,9-11,14,21H,6,8,12-13H2,1H3/t14-/m1/s1. The van der Waals surface area contributed by atoms with E-state index in [1.165, 1.54) is 5.56 Å². The number of carbonyl (C=O) groups excluding carboxylic acids is 1. The first-order valence-corrected chi connectivity index (χ1v) is 8.40. The number of hydrogen-bond acceptors (Lipinski definition) is 2. The number of halogens is 1. The molecule has 0 aromatic heterocycles. The molecule has 3 rings (SSSR count). The molecule has 0 unspecified atom stereocenters. The molecule has 0 spiro atoms. The largest absolute Gasteiger partial charge is 0.311 e. The fraction of sp³-hybridized carbons (Fsp3) is 0.316. The Morgan fingerprint density at radius 1 is 1.22 bits per heavy atom. The van der Waals surface area contributed by atoms with Gasteiger partial charge in [0.15, 0.2) is 0 Å². The number of amides is 1. The summed E-state index contributed by atoms with van der Waals surface area (Å²) in [6.07, 6.45) is 2.06. The molecule has 1 aliphatic rings. The molecule has 0 saturated heterocycles. The van der Waals surface area contributed by atoms with Gasteiger partial charge in [0.25, 0.3) is 0 Å². The predicted octanol–water partition coefficient (Wildman–Crippen LogP) is 3.97. The zero-order chi connectivity index (χ0) is 16.2. The Hall–Kier alpha value is -1.84. The summed E-state index contributed by atoms with van der Waals surface area (Å²) in [6, 6.07) is 15.9. The van der Waals surface area contributed by atoms with E-state index in [2.05, 4.69) is 11.4 Å². The number of nitrogens with one attached hydrogen (secondary N) is 1. The van der Waals surface area contributed by atoms with Gasteiger partial charge in [0.2, 0.25) is 5.91 Å². The van der Waals surface area contributed by atoms with Crippen LogP contribution in [0.15, 0.2) is 48.5 Å². The third-order valence-electron chi connectivity index (χ3n) is 4.34. The molecule has 0 radical (unpaired) electrons. The van der Waals surface area contributed by atoms with Crippen molar-refractivity contribution in [3.63, 3.8) is 0 Å². The van der Waals surface area contributed by atoms with Gasteiger partial charge in [-0.25, -0.2) is 0 Å². The molecule has 3 nitrogen and oxygen atoms in total. The summed E-state index contributed by atoms with van der Waals surface area (Å²) in [6.45, 7) is 3.12. The number of rotatable bonds is 4. The van der Waals surface area contributed by atoms with Crippen molar-refractivity contribution < 1.29 is 4.79 Å². The third kappa shape index (κ3) is 3.57. The molecule has 23 heavy (non-hydrogen) atoms. The molecule has 0 saturated carbocycles. The molecular weight excluding hydrogens is 308 g/mol. The van der Waals surface area contributed by atoms with Crippen LogP contribution in [0.2, 0.25) is 5.02 Å². The van der Waals surface area contributed by atoms with Gasteiger partial charge in [-0.15, -0.1) is 0 Å². The lowest BCUT2D eigenvalue weighted by molar-refractivity contribution is -0.118.